The topological polar surface area (TPSA) is 78.8 Å². The number of fused-ring (bicyclic) bond motifs is 1. The molecule has 1 amide bonds. The molecule has 0 aliphatic carbocycles. The van der Waals surface area contributed by atoms with Crippen LogP contribution in [0, 0.1) is 17.2 Å². The summed E-state index contributed by atoms with van der Waals surface area (Å²) in [6.07, 6.45) is 4.52. The Hall–Kier alpha value is -2.58. The monoisotopic (exact) mass is 386 g/mol. The fourth-order valence-corrected chi connectivity index (χ4v) is 4.23. The summed E-state index contributed by atoms with van der Waals surface area (Å²) in [5, 5.41) is 10.1. The zero-order valence-electron chi connectivity index (χ0n) is 15.5. The van der Waals surface area contributed by atoms with Gasteiger partial charge in [0, 0.05) is 50.5 Å². The molecule has 0 radical (unpaired) electrons. The maximum atomic E-state index is 12.9. The van der Waals surface area contributed by atoms with E-state index in [1.807, 2.05) is 0 Å². The van der Waals surface area contributed by atoms with Crippen molar-refractivity contribution < 1.29 is 19.0 Å². The Bertz CT molecular complexity index is 820. The van der Waals surface area contributed by atoms with Crippen LogP contribution in [0.2, 0.25) is 0 Å². The maximum absolute atomic E-state index is 12.9. The van der Waals surface area contributed by atoms with Crippen molar-refractivity contribution in [2.45, 2.75) is 0 Å². The van der Waals surface area contributed by atoms with Gasteiger partial charge in [0.25, 0.3) is 5.91 Å². The normalized spacial score (nSPS) is 24.4. The van der Waals surface area contributed by atoms with E-state index < -0.39 is 0 Å². The number of halogens is 1. The molecule has 2 aliphatic heterocycles. The lowest BCUT2D eigenvalue weighted by molar-refractivity contribution is 0.0710. The highest BCUT2D eigenvalue weighted by atomic mass is 19.1. The molecule has 28 heavy (non-hydrogen) atoms. The van der Waals surface area contributed by atoms with Crippen molar-refractivity contribution in [3.05, 3.63) is 54.4 Å². The zero-order valence-corrected chi connectivity index (χ0v) is 15.5. The summed E-state index contributed by atoms with van der Waals surface area (Å²) in [6, 6.07) is 5.97. The van der Waals surface area contributed by atoms with Gasteiger partial charge in [-0.2, -0.15) is 0 Å². The first-order valence-electron chi connectivity index (χ1n) is 9.36. The quantitative estimate of drug-likeness (QED) is 0.800. The molecular weight excluding hydrogens is 363 g/mol. The van der Waals surface area contributed by atoms with Crippen molar-refractivity contribution in [3.8, 4) is 5.75 Å². The molecule has 8 heteroatoms. The molecule has 3 heterocycles. The summed E-state index contributed by atoms with van der Waals surface area (Å²) in [7, 11) is 0. The van der Waals surface area contributed by atoms with E-state index in [0.29, 0.717) is 44.2 Å². The fraction of sp³-hybridized carbons (Fsp3) is 0.450. The minimum absolute atomic E-state index is 0.0389. The molecule has 0 bridgehead atoms. The second-order valence-corrected chi connectivity index (χ2v) is 7.53. The Morgan fingerprint density at radius 3 is 2.75 bits per heavy atom. The number of hydrogen-bond acceptors (Lipinski definition) is 6. The van der Waals surface area contributed by atoms with Crippen LogP contribution in [0.1, 0.15) is 10.5 Å². The van der Waals surface area contributed by atoms with E-state index in [4.69, 9.17) is 4.74 Å². The number of nitrogens with zero attached hydrogens (tertiary/aromatic N) is 4. The number of carbonyl (C=O) groups excluding carboxylic acids is 1. The van der Waals surface area contributed by atoms with Crippen LogP contribution in [0.3, 0.4) is 0 Å². The molecule has 2 unspecified atom stereocenters. The van der Waals surface area contributed by atoms with Gasteiger partial charge < -0.3 is 14.7 Å². The molecule has 2 saturated heterocycles. The molecule has 1 aromatic heterocycles. The maximum Gasteiger partial charge on any atom is 0.274 e. The Kier molecular flexibility index (Phi) is 5.23. The molecule has 148 valence electrons. The Balaban J connectivity index is 1.32. The molecule has 1 aromatic carbocycles. The molecule has 0 spiro atoms. The van der Waals surface area contributed by atoms with Crippen molar-refractivity contribution in [1.29, 1.82) is 0 Å². The highest BCUT2D eigenvalue weighted by molar-refractivity contribution is 5.92. The Morgan fingerprint density at radius 1 is 1.25 bits per heavy atom. The number of carbonyl (C=O) groups is 1. The third-order valence-corrected chi connectivity index (χ3v) is 5.70. The number of aliphatic hydroxyl groups is 1. The third-order valence-electron chi connectivity index (χ3n) is 5.70. The van der Waals surface area contributed by atoms with E-state index in [1.165, 1.54) is 30.7 Å². The third kappa shape index (κ3) is 3.70. The summed E-state index contributed by atoms with van der Waals surface area (Å²) < 4.78 is 18.6. The molecule has 7 nitrogen and oxygen atoms in total. The summed E-state index contributed by atoms with van der Waals surface area (Å²) in [4.78, 5) is 24.7. The molecule has 4 rings (SSSR count). The van der Waals surface area contributed by atoms with Gasteiger partial charge in [-0.1, -0.05) is 0 Å². The van der Waals surface area contributed by atoms with Crippen LogP contribution in [0.15, 0.2) is 42.9 Å². The van der Waals surface area contributed by atoms with E-state index in [9.17, 15) is 14.3 Å². The van der Waals surface area contributed by atoms with Gasteiger partial charge in [-0.3, -0.25) is 14.7 Å². The lowest BCUT2D eigenvalue weighted by Crippen LogP contribution is -2.39. The first-order valence-corrected chi connectivity index (χ1v) is 9.36. The van der Waals surface area contributed by atoms with Crippen LogP contribution < -0.4 is 4.74 Å². The molecule has 1 N–H and O–H groups in total. The van der Waals surface area contributed by atoms with E-state index >= 15 is 0 Å². The van der Waals surface area contributed by atoms with Gasteiger partial charge in [-0.15, -0.1) is 0 Å². The second kappa shape index (κ2) is 7.81. The molecule has 2 aromatic rings. The second-order valence-electron chi connectivity index (χ2n) is 7.53. The van der Waals surface area contributed by atoms with Crippen molar-refractivity contribution in [2.24, 2.45) is 11.3 Å². The van der Waals surface area contributed by atoms with Crippen LogP contribution in [-0.4, -0.2) is 76.7 Å². The van der Waals surface area contributed by atoms with E-state index in [1.54, 1.807) is 17.0 Å². The molecule has 2 fully saturated rings. The van der Waals surface area contributed by atoms with Gasteiger partial charge in [-0.25, -0.2) is 9.37 Å². The van der Waals surface area contributed by atoms with Crippen LogP contribution in [0.5, 0.6) is 5.75 Å². The average molecular weight is 386 g/mol. The number of likely N-dealkylation sites (tertiary alicyclic amines) is 2. The van der Waals surface area contributed by atoms with Gasteiger partial charge in [0.15, 0.2) is 0 Å². The number of benzene rings is 1. The van der Waals surface area contributed by atoms with Crippen LogP contribution in [0.4, 0.5) is 4.39 Å². The average Bonchev–Trinajstić information content (AvgIpc) is 3.24. The minimum atomic E-state index is -0.312. The van der Waals surface area contributed by atoms with Crippen molar-refractivity contribution in [1.82, 2.24) is 19.8 Å². The summed E-state index contributed by atoms with van der Waals surface area (Å²) in [5.41, 5.74) is 0.0217. The molecular formula is C20H23FN4O3. The first kappa shape index (κ1) is 18.8. The lowest BCUT2D eigenvalue weighted by atomic mass is 9.82. The van der Waals surface area contributed by atoms with Crippen LogP contribution in [-0.2, 0) is 0 Å². The number of aromatic nitrogens is 2. The summed E-state index contributed by atoms with van der Waals surface area (Å²) >= 11 is 0. The van der Waals surface area contributed by atoms with Crippen molar-refractivity contribution in [3.63, 3.8) is 0 Å². The largest absolute Gasteiger partial charge is 0.492 e. The summed E-state index contributed by atoms with van der Waals surface area (Å²) in [5.74, 6) is 0.425. The van der Waals surface area contributed by atoms with Gasteiger partial charge >= 0.3 is 0 Å². The van der Waals surface area contributed by atoms with E-state index in [0.717, 1.165) is 6.54 Å². The Morgan fingerprint density at radius 2 is 2.07 bits per heavy atom. The predicted molar refractivity (Wildman–Crippen MR) is 99.3 cm³/mol. The lowest BCUT2D eigenvalue weighted by Gasteiger charge is -2.27. The number of ether oxygens (including phenoxy) is 1. The number of hydrogen-bond donors (Lipinski definition) is 1. The van der Waals surface area contributed by atoms with Gasteiger partial charge in [0.1, 0.15) is 23.9 Å². The van der Waals surface area contributed by atoms with E-state index in [2.05, 4.69) is 14.9 Å². The number of rotatable bonds is 6. The predicted octanol–water partition coefficient (Wildman–Crippen LogP) is 1.06. The van der Waals surface area contributed by atoms with Crippen LogP contribution >= 0.6 is 0 Å². The first-order chi connectivity index (χ1) is 13.6. The van der Waals surface area contributed by atoms with Crippen molar-refractivity contribution in [2.75, 3.05) is 45.9 Å². The Labute approximate surface area is 162 Å². The molecule has 2 aliphatic rings. The van der Waals surface area contributed by atoms with Crippen molar-refractivity contribution >= 4 is 5.91 Å². The smallest absolute Gasteiger partial charge is 0.274 e. The van der Waals surface area contributed by atoms with Gasteiger partial charge in [0.2, 0.25) is 0 Å². The highest BCUT2D eigenvalue weighted by Crippen LogP contribution is 2.42. The van der Waals surface area contributed by atoms with E-state index in [-0.39, 0.29) is 29.7 Å². The summed E-state index contributed by atoms with van der Waals surface area (Å²) in [6.45, 7) is 3.88. The molecule has 2 atom stereocenters. The standard InChI is InChI=1S/C20H23FN4O3/c21-16-1-3-17(4-2-16)28-8-7-24-10-15-11-25(13-20(15,12-24)14-26)19(27)18-9-22-5-6-23-18/h1-6,9,15,26H,7-8,10-14H2. The van der Waals surface area contributed by atoms with Crippen LogP contribution in [0.25, 0.3) is 0 Å². The number of amides is 1. The number of aliphatic hydroxyl groups excluding tert-OH is 1. The fourth-order valence-electron chi connectivity index (χ4n) is 4.23. The van der Waals surface area contributed by atoms with Gasteiger partial charge in [-0.05, 0) is 30.2 Å². The molecule has 0 saturated carbocycles. The minimum Gasteiger partial charge on any atom is -0.492 e. The zero-order chi connectivity index (χ0) is 19.6. The SMILES string of the molecule is O=C(c1cnccn1)N1CC2CN(CCOc3ccc(F)cc3)CC2(CO)C1. The highest BCUT2D eigenvalue weighted by Gasteiger charge is 2.53. The van der Waals surface area contributed by atoms with Gasteiger partial charge in [0.05, 0.1) is 12.8 Å².